The number of nitrogens with zero attached hydrogens (tertiary/aromatic N) is 2. The van der Waals surface area contributed by atoms with Crippen LogP contribution >= 0.6 is 0 Å². The van der Waals surface area contributed by atoms with Gasteiger partial charge >= 0.3 is 6.09 Å². The number of carbonyl (C=O) groups is 1. The van der Waals surface area contributed by atoms with E-state index in [-0.39, 0.29) is 17.0 Å². The molecule has 1 rings (SSSR count). The maximum atomic E-state index is 11.3. The van der Waals surface area contributed by atoms with Gasteiger partial charge in [-0.1, -0.05) is 0 Å². The van der Waals surface area contributed by atoms with E-state index in [1.165, 1.54) is 6.07 Å². The number of amides is 1. The van der Waals surface area contributed by atoms with Crippen LogP contribution in [0.15, 0.2) is 23.3 Å². The van der Waals surface area contributed by atoms with E-state index in [0.717, 1.165) is 18.3 Å². The highest BCUT2D eigenvalue weighted by molar-refractivity contribution is 5.85. The van der Waals surface area contributed by atoms with Gasteiger partial charge in [0.1, 0.15) is 11.4 Å². The zero-order chi connectivity index (χ0) is 15.3. The third-order valence-electron chi connectivity index (χ3n) is 1.98. The first-order chi connectivity index (χ1) is 9.19. The lowest BCUT2D eigenvalue weighted by molar-refractivity contribution is -0.384. The highest BCUT2D eigenvalue weighted by atomic mass is 16.6. The number of rotatable bonds is 3. The second kappa shape index (κ2) is 6.00. The van der Waals surface area contributed by atoms with Crippen LogP contribution in [0.1, 0.15) is 26.3 Å². The summed E-state index contributed by atoms with van der Waals surface area (Å²) in [6, 6.07) is 3.47. The van der Waals surface area contributed by atoms with Crippen LogP contribution in [0.4, 0.5) is 10.5 Å². The predicted octanol–water partition coefficient (Wildman–Crippen LogP) is 2.16. The molecule has 1 amide bonds. The minimum absolute atomic E-state index is 0.107. The summed E-state index contributed by atoms with van der Waals surface area (Å²) in [5, 5.41) is 23.7. The molecule has 0 radical (unpaired) electrons. The Labute approximate surface area is 115 Å². The van der Waals surface area contributed by atoms with Crippen molar-refractivity contribution in [2.24, 2.45) is 5.10 Å². The SMILES string of the molecule is CC(C)(C)OC(=O)N/N=C/c1cc([N+](=O)[O-])ccc1O. The molecule has 0 aliphatic rings. The lowest BCUT2D eigenvalue weighted by Crippen LogP contribution is -2.29. The van der Waals surface area contributed by atoms with Crippen molar-refractivity contribution in [3.8, 4) is 5.75 Å². The van der Waals surface area contributed by atoms with Gasteiger partial charge in [0.15, 0.2) is 0 Å². The largest absolute Gasteiger partial charge is 0.507 e. The quantitative estimate of drug-likeness (QED) is 0.500. The van der Waals surface area contributed by atoms with Gasteiger partial charge in [-0.15, -0.1) is 0 Å². The third-order valence-corrected chi connectivity index (χ3v) is 1.98. The molecule has 0 unspecified atom stereocenters. The Morgan fingerprint density at radius 2 is 2.15 bits per heavy atom. The smallest absolute Gasteiger partial charge is 0.428 e. The Morgan fingerprint density at radius 3 is 2.70 bits per heavy atom. The van der Waals surface area contributed by atoms with Crippen molar-refractivity contribution < 1.29 is 19.6 Å². The molecule has 8 nitrogen and oxygen atoms in total. The summed E-state index contributed by atoms with van der Waals surface area (Å²) >= 11 is 0. The molecule has 0 saturated carbocycles. The molecule has 0 saturated heterocycles. The Morgan fingerprint density at radius 1 is 1.50 bits per heavy atom. The molecule has 0 atom stereocenters. The van der Waals surface area contributed by atoms with E-state index in [4.69, 9.17) is 4.74 Å². The molecule has 1 aromatic rings. The number of hydrogen-bond acceptors (Lipinski definition) is 6. The Bertz CT molecular complexity index is 549. The average Bonchev–Trinajstić information content (AvgIpc) is 2.28. The van der Waals surface area contributed by atoms with Gasteiger partial charge in [0.2, 0.25) is 0 Å². The van der Waals surface area contributed by atoms with Gasteiger partial charge in [0.25, 0.3) is 5.69 Å². The molecule has 1 aromatic carbocycles. The van der Waals surface area contributed by atoms with Crippen LogP contribution in [0.5, 0.6) is 5.75 Å². The van der Waals surface area contributed by atoms with Gasteiger partial charge in [-0.05, 0) is 26.8 Å². The first kappa shape index (κ1) is 15.4. The van der Waals surface area contributed by atoms with Gasteiger partial charge < -0.3 is 9.84 Å². The van der Waals surface area contributed by atoms with Crippen LogP contribution in [0.3, 0.4) is 0 Å². The number of phenols is 1. The second-order valence-corrected chi connectivity index (χ2v) is 4.87. The number of carbonyl (C=O) groups excluding carboxylic acids is 1. The zero-order valence-corrected chi connectivity index (χ0v) is 11.3. The standard InChI is InChI=1S/C12H15N3O5/c1-12(2,3)20-11(17)14-13-7-8-6-9(15(18)19)4-5-10(8)16/h4-7,16H,1-3H3,(H,14,17)/b13-7+. The minimum atomic E-state index is -0.765. The Kier molecular flexibility index (Phi) is 4.63. The summed E-state index contributed by atoms with van der Waals surface area (Å²) < 4.78 is 4.93. The van der Waals surface area contributed by atoms with Crippen LogP contribution < -0.4 is 5.43 Å². The molecule has 2 N–H and O–H groups in total. The molecule has 20 heavy (non-hydrogen) atoms. The molecular formula is C12H15N3O5. The summed E-state index contributed by atoms with van der Waals surface area (Å²) in [5.74, 6) is -0.190. The number of aromatic hydroxyl groups is 1. The fraction of sp³-hybridized carbons (Fsp3) is 0.333. The summed E-state index contributed by atoms with van der Waals surface area (Å²) in [7, 11) is 0. The molecular weight excluding hydrogens is 266 g/mol. The van der Waals surface area contributed by atoms with Gasteiger partial charge in [0, 0.05) is 17.7 Å². The predicted molar refractivity (Wildman–Crippen MR) is 71.7 cm³/mol. The minimum Gasteiger partial charge on any atom is -0.507 e. The van der Waals surface area contributed by atoms with Gasteiger partial charge in [-0.2, -0.15) is 5.10 Å². The van der Waals surface area contributed by atoms with Crippen molar-refractivity contribution >= 4 is 18.0 Å². The number of hydrazone groups is 1. The van der Waals surface area contributed by atoms with Crippen molar-refractivity contribution in [1.82, 2.24) is 5.43 Å². The van der Waals surface area contributed by atoms with Crippen LogP contribution in [-0.2, 0) is 4.74 Å². The Balaban J connectivity index is 2.73. The lowest BCUT2D eigenvalue weighted by atomic mass is 10.2. The van der Waals surface area contributed by atoms with Crippen LogP contribution in [0, 0.1) is 10.1 Å². The fourth-order valence-corrected chi connectivity index (χ4v) is 1.21. The lowest BCUT2D eigenvalue weighted by Gasteiger charge is -2.18. The second-order valence-electron chi connectivity index (χ2n) is 4.87. The number of benzene rings is 1. The molecule has 0 fully saturated rings. The number of non-ortho nitro benzene ring substituents is 1. The molecule has 0 heterocycles. The first-order valence-corrected chi connectivity index (χ1v) is 5.68. The maximum absolute atomic E-state index is 11.3. The van der Waals surface area contributed by atoms with Crippen molar-refractivity contribution in [2.75, 3.05) is 0 Å². The molecule has 0 aromatic heterocycles. The molecule has 8 heteroatoms. The van der Waals surface area contributed by atoms with E-state index in [1.54, 1.807) is 20.8 Å². The van der Waals surface area contributed by atoms with Crippen LogP contribution in [-0.4, -0.2) is 27.9 Å². The van der Waals surface area contributed by atoms with Crippen molar-refractivity contribution in [3.05, 3.63) is 33.9 Å². The van der Waals surface area contributed by atoms with Crippen LogP contribution in [0.2, 0.25) is 0 Å². The summed E-state index contributed by atoms with van der Waals surface area (Å²) in [6.45, 7) is 5.09. The van der Waals surface area contributed by atoms with E-state index >= 15 is 0 Å². The summed E-state index contributed by atoms with van der Waals surface area (Å²) in [4.78, 5) is 21.3. The Hall–Kier alpha value is -2.64. The molecule has 0 aliphatic heterocycles. The normalized spacial score (nSPS) is 11.3. The summed E-state index contributed by atoms with van der Waals surface area (Å²) in [6.07, 6.45) is 0.324. The van der Waals surface area contributed by atoms with E-state index in [0.29, 0.717) is 0 Å². The van der Waals surface area contributed by atoms with Gasteiger partial charge in [-0.3, -0.25) is 10.1 Å². The highest BCUT2D eigenvalue weighted by Gasteiger charge is 2.15. The van der Waals surface area contributed by atoms with Crippen molar-refractivity contribution in [2.45, 2.75) is 26.4 Å². The fourth-order valence-electron chi connectivity index (χ4n) is 1.21. The molecule has 0 bridgehead atoms. The first-order valence-electron chi connectivity index (χ1n) is 5.68. The molecule has 0 spiro atoms. The van der Waals surface area contributed by atoms with E-state index in [9.17, 15) is 20.0 Å². The van der Waals surface area contributed by atoms with Crippen molar-refractivity contribution in [3.63, 3.8) is 0 Å². The number of phenolic OH excluding ortho intramolecular Hbond substituents is 1. The number of nitro groups is 1. The number of nitro benzene ring substituents is 1. The number of hydrogen-bond donors (Lipinski definition) is 2. The highest BCUT2D eigenvalue weighted by Crippen LogP contribution is 2.21. The molecule has 108 valence electrons. The van der Waals surface area contributed by atoms with E-state index in [1.807, 2.05) is 0 Å². The third kappa shape index (κ3) is 4.92. The van der Waals surface area contributed by atoms with E-state index in [2.05, 4.69) is 10.5 Å². The topological polar surface area (TPSA) is 114 Å². The van der Waals surface area contributed by atoms with Gasteiger partial charge in [0.05, 0.1) is 11.1 Å². The number of ether oxygens (including phenoxy) is 1. The molecule has 0 aliphatic carbocycles. The number of nitrogens with one attached hydrogen (secondary N) is 1. The van der Waals surface area contributed by atoms with Crippen LogP contribution in [0.25, 0.3) is 0 Å². The van der Waals surface area contributed by atoms with Gasteiger partial charge in [-0.25, -0.2) is 10.2 Å². The average molecular weight is 281 g/mol. The van der Waals surface area contributed by atoms with Crippen molar-refractivity contribution in [1.29, 1.82) is 0 Å². The maximum Gasteiger partial charge on any atom is 0.428 e. The zero-order valence-electron chi connectivity index (χ0n) is 11.3. The summed E-state index contributed by atoms with van der Waals surface area (Å²) in [5.41, 5.74) is 1.35. The monoisotopic (exact) mass is 281 g/mol. The van der Waals surface area contributed by atoms with E-state index < -0.39 is 16.6 Å².